The number of nitrogens with zero attached hydrogens (tertiary/aromatic N) is 3. The highest BCUT2D eigenvalue weighted by molar-refractivity contribution is 7.92. The summed E-state index contributed by atoms with van der Waals surface area (Å²) in [6.07, 6.45) is -2.57. The van der Waals surface area contributed by atoms with Crippen LogP contribution in [0.15, 0.2) is 36.5 Å². The molecule has 1 amide bonds. The van der Waals surface area contributed by atoms with Crippen LogP contribution < -0.4 is 4.31 Å². The molecule has 174 valence electrons. The van der Waals surface area contributed by atoms with Gasteiger partial charge in [0.25, 0.3) is 5.91 Å². The number of carbonyl (C=O) groups is 1. The molecule has 1 aromatic heterocycles. The molecule has 0 aliphatic carbocycles. The first-order valence-electron chi connectivity index (χ1n) is 9.52. The average molecular weight is 483 g/mol. The molecule has 1 aliphatic heterocycles. The number of hydrogen-bond acceptors (Lipinski definition) is 5. The summed E-state index contributed by atoms with van der Waals surface area (Å²) in [6, 6.07) is 5.50. The van der Waals surface area contributed by atoms with Gasteiger partial charge in [0, 0.05) is 37.3 Å². The van der Waals surface area contributed by atoms with Crippen molar-refractivity contribution < 1.29 is 35.9 Å². The smallest absolute Gasteiger partial charge is 0.419 e. The number of aromatic nitrogens is 1. The molecular weight excluding hydrogens is 466 g/mol. The van der Waals surface area contributed by atoms with Gasteiger partial charge in [0.1, 0.15) is 11.3 Å². The van der Waals surface area contributed by atoms with Crippen molar-refractivity contribution in [3.63, 3.8) is 0 Å². The van der Waals surface area contributed by atoms with Crippen LogP contribution in [0.3, 0.4) is 0 Å². The zero-order valence-electron chi connectivity index (χ0n) is 17.3. The molecule has 7 nitrogen and oxygen atoms in total. The van der Waals surface area contributed by atoms with E-state index in [0.717, 1.165) is 21.5 Å². The minimum atomic E-state index is -4.91. The highest BCUT2D eigenvalue weighted by Crippen LogP contribution is 2.44. The minimum absolute atomic E-state index is 0.0121. The van der Waals surface area contributed by atoms with Gasteiger partial charge < -0.3 is 10.0 Å². The van der Waals surface area contributed by atoms with Gasteiger partial charge in [-0.15, -0.1) is 0 Å². The van der Waals surface area contributed by atoms with Crippen LogP contribution in [-0.4, -0.2) is 42.6 Å². The third-order valence-electron chi connectivity index (χ3n) is 5.48. The SMILES string of the molecule is CN(c1c2c(c(O)c3ncccc13)C(=O)N(Cc1ccc(F)c(C(F)(F)F)c1)C2)S(C)(=O)=O. The van der Waals surface area contributed by atoms with E-state index in [2.05, 4.69) is 4.98 Å². The highest BCUT2D eigenvalue weighted by atomic mass is 32.2. The summed E-state index contributed by atoms with van der Waals surface area (Å²) in [5, 5.41) is 11.0. The fourth-order valence-electron chi connectivity index (χ4n) is 3.89. The Bertz CT molecular complexity index is 1410. The number of amides is 1. The van der Waals surface area contributed by atoms with E-state index in [4.69, 9.17) is 0 Å². The van der Waals surface area contributed by atoms with Crippen molar-refractivity contribution in [3.8, 4) is 5.75 Å². The highest BCUT2D eigenvalue weighted by Gasteiger charge is 2.38. The van der Waals surface area contributed by atoms with Gasteiger partial charge in [-0.3, -0.25) is 14.1 Å². The number of alkyl halides is 3. The maximum atomic E-state index is 13.6. The lowest BCUT2D eigenvalue weighted by Gasteiger charge is -2.22. The summed E-state index contributed by atoms with van der Waals surface area (Å²) >= 11 is 0. The van der Waals surface area contributed by atoms with E-state index < -0.39 is 39.2 Å². The molecule has 1 N–H and O–H groups in total. The van der Waals surface area contributed by atoms with Gasteiger partial charge in [-0.25, -0.2) is 12.8 Å². The number of sulfonamides is 1. The number of aromatic hydroxyl groups is 1. The van der Waals surface area contributed by atoms with Crippen LogP contribution in [0.25, 0.3) is 10.9 Å². The van der Waals surface area contributed by atoms with Gasteiger partial charge in [0.2, 0.25) is 10.0 Å². The number of halogens is 4. The number of anilines is 1. The fraction of sp³-hybridized carbons (Fsp3) is 0.238. The molecule has 0 saturated carbocycles. The molecule has 2 heterocycles. The van der Waals surface area contributed by atoms with E-state index in [1.54, 1.807) is 12.1 Å². The lowest BCUT2D eigenvalue weighted by Crippen LogP contribution is -2.26. The van der Waals surface area contributed by atoms with Crippen LogP contribution in [0, 0.1) is 5.82 Å². The second-order valence-corrected chi connectivity index (χ2v) is 9.67. The second kappa shape index (κ2) is 7.58. The number of rotatable bonds is 4. The summed E-state index contributed by atoms with van der Waals surface area (Å²) in [5.41, 5.74) is -1.27. The van der Waals surface area contributed by atoms with E-state index in [0.29, 0.717) is 12.1 Å². The maximum Gasteiger partial charge on any atom is 0.419 e. The molecule has 0 radical (unpaired) electrons. The number of carbonyl (C=O) groups excluding carboxylic acids is 1. The fourth-order valence-corrected chi connectivity index (χ4v) is 4.43. The molecule has 0 bridgehead atoms. The molecule has 0 saturated heterocycles. The first kappa shape index (κ1) is 22.8. The van der Waals surface area contributed by atoms with Gasteiger partial charge >= 0.3 is 6.18 Å². The third kappa shape index (κ3) is 3.84. The predicted molar refractivity (Wildman–Crippen MR) is 112 cm³/mol. The Labute approximate surface area is 185 Å². The van der Waals surface area contributed by atoms with Crippen LogP contribution >= 0.6 is 0 Å². The number of phenolic OH excluding ortho intramolecular Hbond substituents is 1. The topological polar surface area (TPSA) is 90.8 Å². The Morgan fingerprint density at radius 1 is 1.24 bits per heavy atom. The van der Waals surface area contributed by atoms with Crippen molar-refractivity contribution in [2.45, 2.75) is 19.3 Å². The van der Waals surface area contributed by atoms with Crippen LogP contribution in [0.1, 0.15) is 27.0 Å². The Balaban J connectivity index is 1.83. The van der Waals surface area contributed by atoms with Gasteiger partial charge in [-0.05, 0) is 29.8 Å². The van der Waals surface area contributed by atoms with E-state index >= 15 is 0 Å². The largest absolute Gasteiger partial charge is 0.505 e. The number of hydrogen-bond donors (Lipinski definition) is 1. The summed E-state index contributed by atoms with van der Waals surface area (Å²) in [6.45, 7) is -0.497. The van der Waals surface area contributed by atoms with Crippen molar-refractivity contribution in [3.05, 3.63) is 64.6 Å². The molecule has 4 rings (SSSR count). The second-order valence-electron chi connectivity index (χ2n) is 7.65. The number of pyridine rings is 1. The molecule has 2 aromatic carbocycles. The lowest BCUT2D eigenvalue weighted by atomic mass is 10.0. The van der Waals surface area contributed by atoms with Crippen molar-refractivity contribution in [1.29, 1.82) is 0 Å². The molecule has 33 heavy (non-hydrogen) atoms. The standard InChI is InChI=1S/C21H17F4N3O4S/c1-27(33(2,31)32)18-12-4-3-7-26-17(12)19(29)16-13(18)10-28(20(16)30)9-11-5-6-15(22)14(8-11)21(23,24)25/h3-8,29H,9-10H2,1-2H3. The van der Waals surface area contributed by atoms with Crippen LogP contribution in [0.4, 0.5) is 23.2 Å². The molecule has 1 aliphatic rings. The van der Waals surface area contributed by atoms with Crippen LogP contribution in [0.2, 0.25) is 0 Å². The Morgan fingerprint density at radius 3 is 2.58 bits per heavy atom. The number of phenols is 1. The Morgan fingerprint density at radius 2 is 1.94 bits per heavy atom. The predicted octanol–water partition coefficient (Wildman–Crippen LogP) is 3.65. The van der Waals surface area contributed by atoms with E-state index in [9.17, 15) is 35.9 Å². The Hall–Kier alpha value is -3.41. The van der Waals surface area contributed by atoms with E-state index in [1.807, 2.05) is 0 Å². The monoisotopic (exact) mass is 483 g/mol. The zero-order chi connectivity index (χ0) is 24.3. The lowest BCUT2D eigenvalue weighted by molar-refractivity contribution is -0.140. The summed E-state index contributed by atoms with van der Waals surface area (Å²) in [4.78, 5) is 18.3. The quantitative estimate of drug-likeness (QED) is 0.572. The van der Waals surface area contributed by atoms with Gasteiger partial charge in [0.15, 0.2) is 5.75 Å². The minimum Gasteiger partial charge on any atom is -0.505 e. The first-order valence-corrected chi connectivity index (χ1v) is 11.4. The summed E-state index contributed by atoms with van der Waals surface area (Å²) in [5.74, 6) is -2.60. The van der Waals surface area contributed by atoms with Crippen molar-refractivity contribution in [2.24, 2.45) is 0 Å². The van der Waals surface area contributed by atoms with Crippen molar-refractivity contribution in [1.82, 2.24) is 9.88 Å². The van der Waals surface area contributed by atoms with E-state index in [-0.39, 0.29) is 46.4 Å². The summed E-state index contributed by atoms with van der Waals surface area (Å²) < 4.78 is 78.4. The molecule has 0 spiro atoms. The van der Waals surface area contributed by atoms with Gasteiger partial charge in [-0.1, -0.05) is 6.07 Å². The van der Waals surface area contributed by atoms with Crippen molar-refractivity contribution >= 4 is 32.5 Å². The van der Waals surface area contributed by atoms with Crippen LogP contribution in [0.5, 0.6) is 5.75 Å². The van der Waals surface area contributed by atoms with Gasteiger partial charge in [0.05, 0.1) is 23.1 Å². The van der Waals surface area contributed by atoms with Crippen molar-refractivity contribution in [2.75, 3.05) is 17.6 Å². The number of benzene rings is 2. The van der Waals surface area contributed by atoms with E-state index in [1.165, 1.54) is 13.2 Å². The number of fused-ring (bicyclic) bond motifs is 2. The van der Waals surface area contributed by atoms with Gasteiger partial charge in [-0.2, -0.15) is 13.2 Å². The molecule has 0 unspecified atom stereocenters. The van der Waals surface area contributed by atoms with Crippen LogP contribution in [-0.2, 0) is 29.3 Å². The third-order valence-corrected chi connectivity index (χ3v) is 6.66. The normalized spacial score (nSPS) is 14.1. The maximum absolute atomic E-state index is 13.6. The molecule has 0 atom stereocenters. The molecule has 0 fully saturated rings. The zero-order valence-corrected chi connectivity index (χ0v) is 18.1. The summed E-state index contributed by atoms with van der Waals surface area (Å²) in [7, 11) is -2.49. The molecule has 3 aromatic rings. The molecular formula is C21H17F4N3O4S. The molecule has 12 heteroatoms. The average Bonchev–Trinajstić information content (AvgIpc) is 3.04. The first-order chi connectivity index (χ1) is 15.3. The Kier molecular flexibility index (Phi) is 5.23.